The molecule has 0 aromatic carbocycles. The normalized spacial score (nSPS) is 23.0. The zero-order chi connectivity index (χ0) is 14.5. The van der Waals surface area contributed by atoms with Crippen molar-refractivity contribution in [2.45, 2.75) is 58.4 Å². The molecule has 1 fully saturated rings. The number of rotatable bonds is 5. The number of nitrogens with one attached hydrogen (secondary N) is 1. The van der Waals surface area contributed by atoms with Crippen molar-refractivity contribution in [2.75, 3.05) is 0 Å². The van der Waals surface area contributed by atoms with Crippen molar-refractivity contribution >= 4 is 5.91 Å². The number of carbonyl (C=O) groups excluding carboxylic acids is 1. The average Bonchev–Trinajstić information content (AvgIpc) is 2.82. The third kappa shape index (κ3) is 4.09. The molecule has 1 aliphatic carbocycles. The van der Waals surface area contributed by atoms with Gasteiger partial charge in [-0.1, -0.05) is 26.7 Å². The fraction of sp³-hybridized carbons (Fsp3) is 0.750. The molecular formula is C16H27N3O. The third-order valence-electron chi connectivity index (χ3n) is 4.55. The highest BCUT2D eigenvalue weighted by Crippen LogP contribution is 2.29. The van der Waals surface area contributed by atoms with Crippen LogP contribution >= 0.6 is 0 Å². The molecule has 0 aliphatic heterocycles. The van der Waals surface area contributed by atoms with Gasteiger partial charge in [0.15, 0.2) is 0 Å². The highest BCUT2D eigenvalue weighted by molar-refractivity contribution is 5.76. The summed E-state index contributed by atoms with van der Waals surface area (Å²) in [4.78, 5) is 12.1. The van der Waals surface area contributed by atoms with E-state index in [-0.39, 0.29) is 5.91 Å². The second kappa shape index (κ2) is 6.91. The molecule has 1 N–H and O–H groups in total. The number of nitrogens with zero attached hydrogens (tertiary/aromatic N) is 2. The first-order valence-electron chi connectivity index (χ1n) is 7.82. The number of aryl methyl sites for hydroxylation is 2. The summed E-state index contributed by atoms with van der Waals surface area (Å²) < 4.78 is 1.84. The monoisotopic (exact) mass is 277 g/mol. The summed E-state index contributed by atoms with van der Waals surface area (Å²) in [6.45, 7) is 4.58. The summed E-state index contributed by atoms with van der Waals surface area (Å²) in [5, 5.41) is 7.34. The van der Waals surface area contributed by atoms with Gasteiger partial charge in [0.05, 0.1) is 0 Å². The van der Waals surface area contributed by atoms with E-state index in [1.54, 1.807) is 6.20 Å². The molecule has 1 aromatic heterocycles. The van der Waals surface area contributed by atoms with Gasteiger partial charge in [-0.25, -0.2) is 0 Å². The standard InChI is InChI=1S/C16H27N3O/c1-12(2)13-5-4-6-14(11-13)18-16(20)8-7-15-9-10-17-19(15)3/h9-10,12-14H,4-8,11H2,1-3H3,(H,18,20)/t13-,14-/m0/s1. The summed E-state index contributed by atoms with van der Waals surface area (Å²) in [6, 6.07) is 2.36. The first-order chi connectivity index (χ1) is 9.56. The van der Waals surface area contributed by atoms with Crippen LogP contribution in [0.1, 0.15) is 51.6 Å². The second-order valence-corrected chi connectivity index (χ2v) is 6.38. The van der Waals surface area contributed by atoms with Crippen molar-refractivity contribution in [3.8, 4) is 0 Å². The first kappa shape index (κ1) is 15.1. The maximum atomic E-state index is 12.1. The Hall–Kier alpha value is -1.32. The Balaban J connectivity index is 1.75. The van der Waals surface area contributed by atoms with Crippen LogP contribution in [-0.2, 0) is 18.3 Å². The molecule has 112 valence electrons. The third-order valence-corrected chi connectivity index (χ3v) is 4.55. The molecule has 1 aliphatic rings. The lowest BCUT2D eigenvalue weighted by molar-refractivity contribution is -0.122. The van der Waals surface area contributed by atoms with Gasteiger partial charge in [-0.3, -0.25) is 9.48 Å². The van der Waals surface area contributed by atoms with Gasteiger partial charge in [-0.05, 0) is 37.2 Å². The van der Waals surface area contributed by atoms with E-state index in [9.17, 15) is 4.79 Å². The minimum absolute atomic E-state index is 0.181. The van der Waals surface area contributed by atoms with Gasteiger partial charge in [0.2, 0.25) is 5.91 Å². The predicted molar refractivity (Wildman–Crippen MR) is 80.3 cm³/mol. The average molecular weight is 277 g/mol. The van der Waals surface area contributed by atoms with E-state index in [0.29, 0.717) is 12.5 Å². The Morgan fingerprint density at radius 2 is 2.30 bits per heavy atom. The van der Waals surface area contributed by atoms with Crippen LogP contribution in [-0.4, -0.2) is 21.7 Å². The fourth-order valence-corrected chi connectivity index (χ4v) is 3.15. The molecule has 1 amide bonds. The molecule has 4 heteroatoms. The zero-order valence-electron chi connectivity index (χ0n) is 12.9. The van der Waals surface area contributed by atoms with Gasteiger partial charge in [-0.15, -0.1) is 0 Å². The Labute approximate surface area is 121 Å². The van der Waals surface area contributed by atoms with Crippen LogP contribution in [0.25, 0.3) is 0 Å². The minimum atomic E-state index is 0.181. The number of aromatic nitrogens is 2. The van der Waals surface area contributed by atoms with Crippen LogP contribution < -0.4 is 5.32 Å². The lowest BCUT2D eigenvalue weighted by Crippen LogP contribution is -2.39. The molecule has 0 radical (unpaired) electrons. The van der Waals surface area contributed by atoms with Crippen molar-refractivity contribution in [2.24, 2.45) is 18.9 Å². The van der Waals surface area contributed by atoms with Gasteiger partial charge in [0.25, 0.3) is 0 Å². The van der Waals surface area contributed by atoms with E-state index in [1.165, 1.54) is 12.8 Å². The largest absolute Gasteiger partial charge is 0.353 e. The van der Waals surface area contributed by atoms with Gasteiger partial charge in [0.1, 0.15) is 0 Å². The molecule has 0 spiro atoms. The molecule has 4 nitrogen and oxygen atoms in total. The lowest BCUT2D eigenvalue weighted by Gasteiger charge is -2.32. The van der Waals surface area contributed by atoms with E-state index in [4.69, 9.17) is 0 Å². The molecule has 1 aromatic rings. The summed E-state index contributed by atoms with van der Waals surface area (Å²) in [5.74, 6) is 1.68. The lowest BCUT2D eigenvalue weighted by atomic mass is 9.79. The second-order valence-electron chi connectivity index (χ2n) is 6.38. The van der Waals surface area contributed by atoms with Crippen LogP contribution in [0.5, 0.6) is 0 Å². The van der Waals surface area contributed by atoms with Gasteiger partial charge < -0.3 is 5.32 Å². The SMILES string of the molecule is CC(C)[C@H]1CCC[C@H](NC(=O)CCc2ccnn2C)C1. The van der Waals surface area contributed by atoms with Crippen molar-refractivity contribution in [1.82, 2.24) is 15.1 Å². The van der Waals surface area contributed by atoms with E-state index in [2.05, 4.69) is 24.3 Å². The minimum Gasteiger partial charge on any atom is -0.353 e. The number of hydrogen-bond donors (Lipinski definition) is 1. The highest BCUT2D eigenvalue weighted by atomic mass is 16.1. The summed E-state index contributed by atoms with van der Waals surface area (Å²) in [5.41, 5.74) is 1.11. The van der Waals surface area contributed by atoms with E-state index in [0.717, 1.165) is 36.8 Å². The molecule has 20 heavy (non-hydrogen) atoms. The predicted octanol–water partition coefficient (Wildman–Crippen LogP) is 2.68. The van der Waals surface area contributed by atoms with Crippen LogP contribution in [0.4, 0.5) is 0 Å². The topological polar surface area (TPSA) is 46.9 Å². The maximum Gasteiger partial charge on any atom is 0.220 e. The van der Waals surface area contributed by atoms with Crippen molar-refractivity contribution < 1.29 is 4.79 Å². The van der Waals surface area contributed by atoms with Crippen molar-refractivity contribution in [3.63, 3.8) is 0 Å². The quantitative estimate of drug-likeness (QED) is 0.899. The Morgan fingerprint density at radius 3 is 2.95 bits per heavy atom. The highest BCUT2D eigenvalue weighted by Gasteiger charge is 2.24. The summed E-state index contributed by atoms with van der Waals surface area (Å²) >= 11 is 0. The molecule has 2 atom stereocenters. The molecule has 1 heterocycles. The first-order valence-corrected chi connectivity index (χ1v) is 7.82. The zero-order valence-corrected chi connectivity index (χ0v) is 12.9. The number of carbonyl (C=O) groups is 1. The van der Waals surface area contributed by atoms with Crippen LogP contribution in [0, 0.1) is 11.8 Å². The molecule has 1 saturated carbocycles. The molecule has 0 bridgehead atoms. The van der Waals surface area contributed by atoms with Crippen molar-refractivity contribution in [3.05, 3.63) is 18.0 Å². The van der Waals surface area contributed by atoms with Crippen LogP contribution in [0.15, 0.2) is 12.3 Å². The molecule has 0 saturated heterocycles. The Kier molecular flexibility index (Phi) is 5.21. The van der Waals surface area contributed by atoms with E-state index in [1.807, 2.05) is 17.8 Å². The fourth-order valence-electron chi connectivity index (χ4n) is 3.15. The Bertz CT molecular complexity index is 439. The van der Waals surface area contributed by atoms with Gasteiger partial charge >= 0.3 is 0 Å². The van der Waals surface area contributed by atoms with Gasteiger partial charge in [-0.2, -0.15) is 5.10 Å². The number of hydrogen-bond acceptors (Lipinski definition) is 2. The van der Waals surface area contributed by atoms with Crippen LogP contribution in [0.2, 0.25) is 0 Å². The van der Waals surface area contributed by atoms with Crippen molar-refractivity contribution in [1.29, 1.82) is 0 Å². The summed E-state index contributed by atoms with van der Waals surface area (Å²) in [7, 11) is 1.92. The molecule has 0 unspecified atom stereocenters. The molecular weight excluding hydrogens is 250 g/mol. The van der Waals surface area contributed by atoms with E-state index >= 15 is 0 Å². The maximum absolute atomic E-state index is 12.1. The summed E-state index contributed by atoms with van der Waals surface area (Å²) in [6.07, 6.45) is 7.96. The van der Waals surface area contributed by atoms with Crippen LogP contribution in [0.3, 0.4) is 0 Å². The smallest absolute Gasteiger partial charge is 0.220 e. The van der Waals surface area contributed by atoms with E-state index < -0.39 is 0 Å². The van der Waals surface area contributed by atoms with Gasteiger partial charge in [0, 0.05) is 31.4 Å². The number of amides is 1. The Morgan fingerprint density at radius 1 is 1.50 bits per heavy atom. The molecule has 2 rings (SSSR count).